The molecule has 1 aromatic heterocycles. The Bertz CT molecular complexity index is 1650. The van der Waals surface area contributed by atoms with Crippen LogP contribution in [0.1, 0.15) is 22.3 Å². The molecule has 4 aromatic rings. The first-order chi connectivity index (χ1) is 19.3. The number of ether oxygens (including phenoxy) is 2. The van der Waals surface area contributed by atoms with Gasteiger partial charge in [-0.05, 0) is 54.4 Å². The molecule has 2 amide bonds. The Morgan fingerprint density at radius 1 is 0.950 bits per heavy atom. The number of aromatic nitrogens is 2. The Hall–Kier alpha value is -4.41. The number of rotatable bonds is 11. The molecule has 10 nitrogen and oxygen atoms in total. The number of methoxy groups -OCH3 is 2. The van der Waals surface area contributed by atoms with Gasteiger partial charge < -0.3 is 20.1 Å². The van der Waals surface area contributed by atoms with E-state index in [0.717, 1.165) is 4.57 Å². The molecule has 208 valence electrons. The fraction of sp³-hybridized carbons (Fsp3) is 0.241. The van der Waals surface area contributed by atoms with E-state index in [0.29, 0.717) is 58.1 Å². The van der Waals surface area contributed by atoms with Crippen LogP contribution in [0.2, 0.25) is 5.02 Å². The summed E-state index contributed by atoms with van der Waals surface area (Å²) < 4.78 is 12.6. The molecular weight excluding hydrogens is 536 g/mol. The zero-order valence-corrected chi connectivity index (χ0v) is 22.9. The minimum atomic E-state index is -0.642. The average molecular weight is 565 g/mol. The van der Waals surface area contributed by atoms with Crippen molar-refractivity contribution in [2.45, 2.75) is 19.5 Å². The zero-order valence-electron chi connectivity index (χ0n) is 22.1. The molecule has 0 saturated carbocycles. The largest absolute Gasteiger partial charge is 0.495 e. The Morgan fingerprint density at radius 3 is 2.42 bits per heavy atom. The van der Waals surface area contributed by atoms with Gasteiger partial charge >= 0.3 is 5.69 Å². The summed E-state index contributed by atoms with van der Waals surface area (Å²) in [5, 5.41) is 6.24. The Kier molecular flexibility index (Phi) is 9.36. The number of nitrogens with zero attached hydrogens (tertiary/aromatic N) is 2. The second kappa shape index (κ2) is 13.1. The van der Waals surface area contributed by atoms with Crippen LogP contribution in [-0.2, 0) is 22.6 Å². The van der Waals surface area contributed by atoms with E-state index in [2.05, 4.69) is 10.6 Å². The Morgan fingerprint density at radius 2 is 1.70 bits per heavy atom. The number of carbonyl (C=O) groups is 2. The molecule has 0 saturated heterocycles. The number of nitrogens with one attached hydrogen (secondary N) is 2. The van der Waals surface area contributed by atoms with Gasteiger partial charge in [0.25, 0.3) is 11.5 Å². The van der Waals surface area contributed by atoms with Crippen molar-refractivity contribution >= 4 is 40.0 Å². The summed E-state index contributed by atoms with van der Waals surface area (Å²) in [6.07, 6.45) is 0.697. The van der Waals surface area contributed by atoms with E-state index >= 15 is 0 Å². The minimum absolute atomic E-state index is 0.0397. The normalized spacial score (nSPS) is 10.9. The monoisotopic (exact) mass is 564 g/mol. The number of anilines is 1. The summed E-state index contributed by atoms with van der Waals surface area (Å²) in [7, 11) is 3.07. The number of halogens is 1. The van der Waals surface area contributed by atoms with Crippen molar-refractivity contribution in [3.63, 3.8) is 0 Å². The third-order valence-corrected chi connectivity index (χ3v) is 6.47. The van der Waals surface area contributed by atoms with Gasteiger partial charge in [-0.1, -0.05) is 35.9 Å². The molecule has 0 unspecified atom stereocenters. The predicted octanol–water partition coefficient (Wildman–Crippen LogP) is 3.28. The smallest absolute Gasteiger partial charge is 0.332 e. The highest BCUT2D eigenvalue weighted by Crippen LogP contribution is 2.27. The van der Waals surface area contributed by atoms with Gasteiger partial charge in [0.1, 0.15) is 12.3 Å². The first-order valence-electron chi connectivity index (χ1n) is 12.5. The van der Waals surface area contributed by atoms with Gasteiger partial charge in [0.2, 0.25) is 5.91 Å². The third-order valence-electron chi connectivity index (χ3n) is 6.24. The maximum absolute atomic E-state index is 13.5. The van der Waals surface area contributed by atoms with Crippen LogP contribution in [0, 0.1) is 0 Å². The molecule has 3 aromatic carbocycles. The maximum atomic E-state index is 13.5. The van der Waals surface area contributed by atoms with Crippen LogP contribution in [0.3, 0.4) is 0 Å². The molecule has 0 aliphatic heterocycles. The van der Waals surface area contributed by atoms with Gasteiger partial charge in [0.05, 0.1) is 30.2 Å². The van der Waals surface area contributed by atoms with E-state index < -0.39 is 17.2 Å². The third kappa shape index (κ3) is 6.59. The molecule has 0 atom stereocenters. The van der Waals surface area contributed by atoms with Gasteiger partial charge in [0.15, 0.2) is 0 Å². The van der Waals surface area contributed by atoms with Gasteiger partial charge in [-0.3, -0.25) is 23.5 Å². The molecular formula is C29H29ClN4O6. The first-order valence-corrected chi connectivity index (χ1v) is 12.9. The van der Waals surface area contributed by atoms with Gasteiger partial charge in [-0.15, -0.1) is 0 Å². The summed E-state index contributed by atoms with van der Waals surface area (Å²) in [5.41, 5.74) is 0.671. The fourth-order valence-electron chi connectivity index (χ4n) is 4.24. The van der Waals surface area contributed by atoms with Crippen molar-refractivity contribution in [1.82, 2.24) is 14.5 Å². The summed E-state index contributed by atoms with van der Waals surface area (Å²) in [5.74, 6) is -0.318. The number of para-hydroxylation sites is 1. The molecule has 4 rings (SSSR count). The zero-order chi connectivity index (χ0) is 28.6. The van der Waals surface area contributed by atoms with Crippen molar-refractivity contribution in [1.29, 1.82) is 0 Å². The highest BCUT2D eigenvalue weighted by Gasteiger charge is 2.17. The highest BCUT2D eigenvalue weighted by molar-refractivity contribution is 6.31. The molecule has 11 heteroatoms. The van der Waals surface area contributed by atoms with Crippen LogP contribution in [0.25, 0.3) is 10.9 Å². The van der Waals surface area contributed by atoms with Crippen LogP contribution in [0.4, 0.5) is 5.69 Å². The van der Waals surface area contributed by atoms with Crippen molar-refractivity contribution in [3.8, 4) is 5.75 Å². The first kappa shape index (κ1) is 28.6. The van der Waals surface area contributed by atoms with E-state index in [9.17, 15) is 19.2 Å². The molecule has 2 N–H and O–H groups in total. The van der Waals surface area contributed by atoms with Crippen molar-refractivity contribution in [2.75, 3.05) is 32.7 Å². The summed E-state index contributed by atoms with van der Waals surface area (Å²) in [6, 6.07) is 18.1. The fourth-order valence-corrected chi connectivity index (χ4v) is 4.41. The number of amides is 2. The van der Waals surface area contributed by atoms with Crippen molar-refractivity contribution in [2.24, 2.45) is 0 Å². The molecule has 0 aliphatic carbocycles. The highest BCUT2D eigenvalue weighted by atomic mass is 35.5. The van der Waals surface area contributed by atoms with Crippen LogP contribution in [0.15, 0.2) is 76.3 Å². The number of hydrogen-bond donors (Lipinski definition) is 2. The lowest BCUT2D eigenvalue weighted by atomic mass is 10.1. The predicted molar refractivity (Wildman–Crippen MR) is 153 cm³/mol. The molecule has 0 spiro atoms. The van der Waals surface area contributed by atoms with E-state index in [1.54, 1.807) is 73.8 Å². The van der Waals surface area contributed by atoms with Crippen LogP contribution in [-0.4, -0.2) is 48.3 Å². The number of carbonyl (C=O) groups excluding carboxylic acids is 2. The quantitative estimate of drug-likeness (QED) is 0.270. The number of hydrogen-bond acceptors (Lipinski definition) is 6. The molecule has 0 aliphatic rings. The Balaban J connectivity index is 1.60. The molecule has 1 heterocycles. The van der Waals surface area contributed by atoms with Crippen LogP contribution >= 0.6 is 11.6 Å². The maximum Gasteiger partial charge on any atom is 0.332 e. The minimum Gasteiger partial charge on any atom is -0.495 e. The van der Waals surface area contributed by atoms with Gasteiger partial charge in [0, 0.05) is 30.8 Å². The summed E-state index contributed by atoms with van der Waals surface area (Å²) >= 11 is 6.07. The van der Waals surface area contributed by atoms with Crippen LogP contribution in [0.5, 0.6) is 5.75 Å². The van der Waals surface area contributed by atoms with Gasteiger partial charge in [-0.25, -0.2) is 4.79 Å². The lowest BCUT2D eigenvalue weighted by Crippen LogP contribution is -2.42. The van der Waals surface area contributed by atoms with Crippen molar-refractivity contribution in [3.05, 3.63) is 104 Å². The van der Waals surface area contributed by atoms with Crippen molar-refractivity contribution < 1.29 is 19.1 Å². The van der Waals surface area contributed by atoms with E-state index in [-0.39, 0.29) is 19.0 Å². The van der Waals surface area contributed by atoms with E-state index in [1.165, 1.54) is 11.7 Å². The average Bonchev–Trinajstić information content (AvgIpc) is 2.96. The summed E-state index contributed by atoms with van der Waals surface area (Å²) in [4.78, 5) is 52.2. The SMILES string of the molecule is COCCCNC(=O)c1ccc(Cn2c(=O)c3ccccc3n(CC(=O)Nc3cc(Cl)ccc3OC)c2=O)cc1. The lowest BCUT2D eigenvalue weighted by molar-refractivity contribution is -0.116. The molecule has 0 fully saturated rings. The molecule has 0 radical (unpaired) electrons. The van der Waals surface area contributed by atoms with E-state index in [1.807, 2.05) is 0 Å². The molecule has 0 bridgehead atoms. The standard InChI is InChI=1S/C29H29ClN4O6/c1-39-15-5-14-31-27(36)20-10-8-19(9-11-20)17-34-28(37)22-6-3-4-7-24(22)33(29(34)38)18-26(35)32-23-16-21(30)12-13-25(23)40-2/h3-4,6-13,16H,5,14-15,17-18H2,1-2H3,(H,31,36)(H,32,35). The van der Waals surface area contributed by atoms with E-state index in [4.69, 9.17) is 21.1 Å². The topological polar surface area (TPSA) is 121 Å². The van der Waals surface area contributed by atoms with Crippen LogP contribution < -0.4 is 26.6 Å². The summed E-state index contributed by atoms with van der Waals surface area (Å²) in [6.45, 7) is 0.644. The second-order valence-corrected chi connectivity index (χ2v) is 9.41. The number of benzene rings is 3. The second-order valence-electron chi connectivity index (χ2n) is 8.97. The lowest BCUT2D eigenvalue weighted by Gasteiger charge is -2.15. The van der Waals surface area contributed by atoms with Gasteiger partial charge in [-0.2, -0.15) is 0 Å². The number of fused-ring (bicyclic) bond motifs is 1. The Labute approximate surface area is 235 Å². The molecule has 40 heavy (non-hydrogen) atoms.